The van der Waals surface area contributed by atoms with E-state index in [1.165, 1.54) is 14.0 Å². The van der Waals surface area contributed by atoms with Crippen LogP contribution in [-0.4, -0.2) is 31.5 Å². The first kappa shape index (κ1) is 16.6. The van der Waals surface area contributed by atoms with Crippen LogP contribution in [0.3, 0.4) is 0 Å². The monoisotopic (exact) mass is 291 g/mol. The minimum atomic E-state index is -0.402. The summed E-state index contributed by atoms with van der Waals surface area (Å²) in [5, 5.41) is 8.45. The standard InChI is InChI=1S/C15H21N3O3/c1-5-8-16-15(20)10(2)17-12-6-7-13(18-11(3)19)14(9-12)21-4/h5-7,9-10,17H,1,8H2,2-4H3,(H,16,20)(H,18,19). The van der Waals surface area contributed by atoms with Gasteiger partial charge in [0.25, 0.3) is 0 Å². The molecule has 0 heterocycles. The molecule has 0 bridgehead atoms. The van der Waals surface area contributed by atoms with Crippen molar-refractivity contribution in [1.29, 1.82) is 0 Å². The Morgan fingerprint density at radius 1 is 1.43 bits per heavy atom. The van der Waals surface area contributed by atoms with Crippen LogP contribution in [0.15, 0.2) is 30.9 Å². The molecule has 21 heavy (non-hydrogen) atoms. The Balaban J connectivity index is 2.77. The molecular formula is C15H21N3O3. The highest BCUT2D eigenvalue weighted by Crippen LogP contribution is 2.28. The lowest BCUT2D eigenvalue weighted by Crippen LogP contribution is -2.37. The van der Waals surface area contributed by atoms with Gasteiger partial charge >= 0.3 is 0 Å². The zero-order valence-corrected chi connectivity index (χ0v) is 12.5. The summed E-state index contributed by atoms with van der Waals surface area (Å²) in [6, 6.07) is 4.81. The number of hydrogen-bond donors (Lipinski definition) is 3. The van der Waals surface area contributed by atoms with Crippen LogP contribution in [0.5, 0.6) is 5.75 Å². The Hall–Kier alpha value is -2.50. The summed E-state index contributed by atoms with van der Waals surface area (Å²) in [6.07, 6.45) is 1.62. The van der Waals surface area contributed by atoms with Crippen molar-refractivity contribution in [1.82, 2.24) is 5.32 Å². The van der Waals surface area contributed by atoms with Crippen LogP contribution in [0.2, 0.25) is 0 Å². The van der Waals surface area contributed by atoms with Crippen molar-refractivity contribution in [3.8, 4) is 5.75 Å². The van der Waals surface area contributed by atoms with Crippen molar-refractivity contribution in [2.24, 2.45) is 0 Å². The molecule has 0 aliphatic heterocycles. The third-order valence-electron chi connectivity index (χ3n) is 2.71. The second-order valence-corrected chi connectivity index (χ2v) is 4.50. The normalized spacial score (nSPS) is 11.2. The number of anilines is 2. The summed E-state index contributed by atoms with van der Waals surface area (Å²) in [6.45, 7) is 7.16. The number of methoxy groups -OCH3 is 1. The topological polar surface area (TPSA) is 79.5 Å². The summed E-state index contributed by atoms with van der Waals surface area (Å²) in [5.74, 6) is 0.222. The van der Waals surface area contributed by atoms with Crippen molar-refractivity contribution in [2.45, 2.75) is 19.9 Å². The molecule has 0 spiro atoms. The molecule has 0 aliphatic carbocycles. The first-order valence-corrected chi connectivity index (χ1v) is 6.58. The van der Waals surface area contributed by atoms with E-state index in [0.29, 0.717) is 18.0 Å². The number of benzene rings is 1. The van der Waals surface area contributed by atoms with E-state index in [-0.39, 0.29) is 11.8 Å². The zero-order valence-electron chi connectivity index (χ0n) is 12.5. The van der Waals surface area contributed by atoms with Crippen molar-refractivity contribution in [2.75, 3.05) is 24.3 Å². The molecule has 2 amide bonds. The predicted octanol–water partition coefficient (Wildman–Crippen LogP) is 1.76. The fourth-order valence-corrected chi connectivity index (χ4v) is 1.72. The molecule has 114 valence electrons. The molecular weight excluding hydrogens is 270 g/mol. The SMILES string of the molecule is C=CCNC(=O)C(C)Nc1ccc(NC(C)=O)c(OC)c1. The second kappa shape index (κ2) is 7.94. The van der Waals surface area contributed by atoms with Crippen LogP contribution in [-0.2, 0) is 9.59 Å². The van der Waals surface area contributed by atoms with E-state index >= 15 is 0 Å². The van der Waals surface area contributed by atoms with E-state index in [2.05, 4.69) is 22.5 Å². The third-order valence-corrected chi connectivity index (χ3v) is 2.71. The Kier molecular flexibility index (Phi) is 6.26. The molecule has 1 rings (SSSR count). The average Bonchev–Trinajstić information content (AvgIpc) is 2.45. The molecule has 0 fully saturated rings. The lowest BCUT2D eigenvalue weighted by molar-refractivity contribution is -0.121. The summed E-state index contributed by atoms with van der Waals surface area (Å²) in [4.78, 5) is 22.9. The first-order chi connectivity index (χ1) is 9.97. The van der Waals surface area contributed by atoms with Gasteiger partial charge in [0.05, 0.1) is 12.8 Å². The predicted molar refractivity (Wildman–Crippen MR) is 83.6 cm³/mol. The zero-order chi connectivity index (χ0) is 15.8. The molecule has 6 nitrogen and oxygen atoms in total. The summed E-state index contributed by atoms with van der Waals surface area (Å²) in [7, 11) is 1.52. The number of amides is 2. The van der Waals surface area contributed by atoms with Crippen molar-refractivity contribution in [3.05, 3.63) is 30.9 Å². The Morgan fingerprint density at radius 3 is 2.71 bits per heavy atom. The first-order valence-electron chi connectivity index (χ1n) is 6.58. The quantitative estimate of drug-likeness (QED) is 0.669. The number of ether oxygens (including phenoxy) is 1. The number of carbonyl (C=O) groups is 2. The Labute approximate surface area is 124 Å². The van der Waals surface area contributed by atoms with Gasteiger partial charge in [0.15, 0.2) is 0 Å². The van der Waals surface area contributed by atoms with Gasteiger partial charge < -0.3 is 20.7 Å². The highest BCUT2D eigenvalue weighted by atomic mass is 16.5. The van der Waals surface area contributed by atoms with Gasteiger partial charge in [0, 0.05) is 25.2 Å². The van der Waals surface area contributed by atoms with Gasteiger partial charge in [-0.3, -0.25) is 9.59 Å². The highest BCUT2D eigenvalue weighted by molar-refractivity contribution is 5.91. The van der Waals surface area contributed by atoms with Crippen molar-refractivity contribution >= 4 is 23.2 Å². The number of rotatable bonds is 7. The van der Waals surface area contributed by atoms with Gasteiger partial charge in [-0.05, 0) is 19.1 Å². The van der Waals surface area contributed by atoms with E-state index in [4.69, 9.17) is 4.74 Å². The fraction of sp³-hybridized carbons (Fsp3) is 0.333. The van der Waals surface area contributed by atoms with Gasteiger partial charge in [-0.25, -0.2) is 0 Å². The van der Waals surface area contributed by atoms with Crippen LogP contribution >= 0.6 is 0 Å². The van der Waals surface area contributed by atoms with Crippen LogP contribution in [0, 0.1) is 0 Å². The van der Waals surface area contributed by atoms with Gasteiger partial charge in [0.1, 0.15) is 11.8 Å². The van der Waals surface area contributed by atoms with E-state index in [1.54, 1.807) is 31.2 Å². The van der Waals surface area contributed by atoms with E-state index in [1.807, 2.05) is 0 Å². The average molecular weight is 291 g/mol. The maximum absolute atomic E-state index is 11.8. The molecule has 0 saturated carbocycles. The minimum absolute atomic E-state index is 0.125. The molecule has 1 atom stereocenters. The molecule has 0 radical (unpaired) electrons. The van der Waals surface area contributed by atoms with E-state index in [0.717, 1.165) is 5.69 Å². The lowest BCUT2D eigenvalue weighted by Gasteiger charge is -2.16. The molecule has 0 aliphatic rings. The molecule has 1 aromatic rings. The fourth-order valence-electron chi connectivity index (χ4n) is 1.72. The van der Waals surface area contributed by atoms with Crippen LogP contribution in [0.4, 0.5) is 11.4 Å². The summed E-state index contributed by atoms with van der Waals surface area (Å²) < 4.78 is 5.23. The van der Waals surface area contributed by atoms with Crippen molar-refractivity contribution < 1.29 is 14.3 Å². The lowest BCUT2D eigenvalue weighted by atomic mass is 10.2. The van der Waals surface area contributed by atoms with Gasteiger partial charge in [0.2, 0.25) is 11.8 Å². The Morgan fingerprint density at radius 2 is 2.14 bits per heavy atom. The molecule has 1 aromatic carbocycles. The summed E-state index contributed by atoms with van der Waals surface area (Å²) >= 11 is 0. The molecule has 0 saturated heterocycles. The number of nitrogens with one attached hydrogen (secondary N) is 3. The summed E-state index contributed by atoms with van der Waals surface area (Å²) in [5.41, 5.74) is 1.31. The molecule has 1 unspecified atom stereocenters. The van der Waals surface area contributed by atoms with Crippen molar-refractivity contribution in [3.63, 3.8) is 0 Å². The van der Waals surface area contributed by atoms with Gasteiger partial charge in [-0.1, -0.05) is 6.08 Å². The number of carbonyl (C=O) groups excluding carboxylic acids is 2. The van der Waals surface area contributed by atoms with E-state index < -0.39 is 6.04 Å². The largest absolute Gasteiger partial charge is 0.494 e. The van der Waals surface area contributed by atoms with Crippen LogP contribution in [0.25, 0.3) is 0 Å². The third kappa shape index (κ3) is 5.18. The smallest absolute Gasteiger partial charge is 0.242 e. The van der Waals surface area contributed by atoms with Gasteiger partial charge in [-0.15, -0.1) is 6.58 Å². The molecule has 0 aromatic heterocycles. The van der Waals surface area contributed by atoms with Gasteiger partial charge in [-0.2, -0.15) is 0 Å². The van der Waals surface area contributed by atoms with Crippen LogP contribution < -0.4 is 20.7 Å². The van der Waals surface area contributed by atoms with E-state index in [9.17, 15) is 9.59 Å². The minimum Gasteiger partial charge on any atom is -0.494 e. The molecule has 3 N–H and O–H groups in total. The molecule has 6 heteroatoms. The maximum Gasteiger partial charge on any atom is 0.242 e. The second-order valence-electron chi connectivity index (χ2n) is 4.50. The van der Waals surface area contributed by atoms with Crippen LogP contribution in [0.1, 0.15) is 13.8 Å². The maximum atomic E-state index is 11.8. The highest BCUT2D eigenvalue weighted by Gasteiger charge is 2.13. The number of hydrogen-bond acceptors (Lipinski definition) is 4. The Bertz CT molecular complexity index is 529.